The van der Waals surface area contributed by atoms with Crippen LogP contribution >= 0.6 is 0 Å². The molecule has 0 aliphatic rings. The highest BCUT2D eigenvalue weighted by molar-refractivity contribution is 5.93. The second kappa shape index (κ2) is 6.78. The summed E-state index contributed by atoms with van der Waals surface area (Å²) in [7, 11) is 1.48. The van der Waals surface area contributed by atoms with E-state index in [1.807, 2.05) is 5.32 Å². The zero-order valence-corrected chi connectivity index (χ0v) is 9.52. The third-order valence-corrected chi connectivity index (χ3v) is 1.93. The lowest BCUT2D eigenvalue weighted by Gasteiger charge is -2.19. The van der Waals surface area contributed by atoms with Crippen LogP contribution in [0.25, 0.3) is 0 Å². The lowest BCUT2D eigenvalue weighted by Crippen LogP contribution is -2.44. The van der Waals surface area contributed by atoms with Crippen LogP contribution in [0.2, 0.25) is 0 Å². The van der Waals surface area contributed by atoms with Crippen LogP contribution in [-0.4, -0.2) is 54.2 Å². The topological polar surface area (TPSA) is 95.9 Å². The van der Waals surface area contributed by atoms with E-state index in [2.05, 4.69) is 4.74 Å². The highest BCUT2D eigenvalue weighted by atomic mass is 16.5. The molecule has 0 saturated heterocycles. The summed E-state index contributed by atoms with van der Waals surface area (Å²) in [5, 5.41) is 10.6. The SMILES string of the molecule is CCOC(=O)NC(=O)CN(C)C(C)C(=O)O. The lowest BCUT2D eigenvalue weighted by molar-refractivity contribution is -0.142. The third-order valence-electron chi connectivity index (χ3n) is 1.93. The van der Waals surface area contributed by atoms with E-state index in [1.165, 1.54) is 18.9 Å². The van der Waals surface area contributed by atoms with Gasteiger partial charge in [-0.05, 0) is 20.9 Å². The Kier molecular flexibility index (Phi) is 6.09. The smallest absolute Gasteiger partial charge is 0.413 e. The van der Waals surface area contributed by atoms with Crippen LogP contribution < -0.4 is 5.32 Å². The largest absolute Gasteiger partial charge is 0.480 e. The van der Waals surface area contributed by atoms with Crippen LogP contribution in [0.4, 0.5) is 4.79 Å². The highest BCUT2D eigenvalue weighted by Gasteiger charge is 2.19. The number of nitrogens with one attached hydrogen (secondary N) is 1. The van der Waals surface area contributed by atoms with Gasteiger partial charge in [-0.15, -0.1) is 0 Å². The summed E-state index contributed by atoms with van der Waals surface area (Å²) in [6, 6.07) is -0.798. The Morgan fingerprint density at radius 1 is 1.44 bits per heavy atom. The van der Waals surface area contributed by atoms with Gasteiger partial charge in [0.25, 0.3) is 0 Å². The number of hydrogen-bond acceptors (Lipinski definition) is 5. The second-order valence-corrected chi connectivity index (χ2v) is 3.20. The first-order valence-electron chi connectivity index (χ1n) is 4.78. The molecule has 0 fully saturated rings. The number of imide groups is 1. The molecule has 7 heteroatoms. The first kappa shape index (κ1) is 14.4. The Labute approximate surface area is 93.4 Å². The van der Waals surface area contributed by atoms with Crippen molar-refractivity contribution >= 4 is 18.0 Å². The fourth-order valence-electron chi connectivity index (χ4n) is 0.873. The Hall–Kier alpha value is -1.63. The second-order valence-electron chi connectivity index (χ2n) is 3.20. The molecule has 0 saturated carbocycles. The summed E-state index contributed by atoms with van der Waals surface area (Å²) in [6.07, 6.45) is -0.830. The van der Waals surface area contributed by atoms with Gasteiger partial charge in [0.05, 0.1) is 13.2 Å². The van der Waals surface area contributed by atoms with Crippen molar-refractivity contribution in [2.24, 2.45) is 0 Å². The third kappa shape index (κ3) is 5.30. The molecular weight excluding hydrogens is 216 g/mol. The maximum atomic E-state index is 11.2. The zero-order chi connectivity index (χ0) is 12.7. The average molecular weight is 232 g/mol. The van der Waals surface area contributed by atoms with E-state index in [9.17, 15) is 14.4 Å². The highest BCUT2D eigenvalue weighted by Crippen LogP contribution is 1.94. The van der Waals surface area contributed by atoms with E-state index in [-0.39, 0.29) is 13.2 Å². The summed E-state index contributed by atoms with van der Waals surface area (Å²) < 4.78 is 4.50. The number of aliphatic carboxylic acids is 1. The molecule has 0 aliphatic carbocycles. The number of amides is 2. The van der Waals surface area contributed by atoms with Crippen LogP contribution in [0.3, 0.4) is 0 Å². The van der Waals surface area contributed by atoms with Gasteiger partial charge in [0.2, 0.25) is 5.91 Å². The quantitative estimate of drug-likeness (QED) is 0.673. The molecule has 2 amide bonds. The average Bonchev–Trinajstić information content (AvgIpc) is 2.16. The maximum Gasteiger partial charge on any atom is 0.413 e. The van der Waals surface area contributed by atoms with Gasteiger partial charge in [-0.2, -0.15) is 0 Å². The number of rotatable bonds is 5. The standard InChI is InChI=1S/C9H16N2O5/c1-4-16-9(15)10-7(12)5-11(3)6(2)8(13)14/h6H,4-5H2,1-3H3,(H,13,14)(H,10,12,15). The van der Waals surface area contributed by atoms with Gasteiger partial charge in [-0.3, -0.25) is 19.8 Å². The van der Waals surface area contributed by atoms with E-state index in [0.29, 0.717) is 0 Å². The zero-order valence-electron chi connectivity index (χ0n) is 9.52. The number of carboxylic acids is 1. The Morgan fingerprint density at radius 3 is 2.44 bits per heavy atom. The molecule has 0 aromatic heterocycles. The van der Waals surface area contributed by atoms with Crippen molar-refractivity contribution < 1.29 is 24.2 Å². The minimum atomic E-state index is -1.04. The summed E-state index contributed by atoms with van der Waals surface area (Å²) in [6.45, 7) is 3.04. The normalized spacial score (nSPS) is 12.0. The summed E-state index contributed by atoms with van der Waals surface area (Å²) in [5.74, 6) is -1.64. The molecule has 0 aromatic carbocycles. The van der Waals surface area contributed by atoms with Crippen molar-refractivity contribution in [3.63, 3.8) is 0 Å². The molecule has 0 heterocycles. The molecule has 92 valence electrons. The molecular formula is C9H16N2O5. The fourth-order valence-corrected chi connectivity index (χ4v) is 0.873. The number of alkyl carbamates (subject to hydrolysis) is 1. The molecule has 0 spiro atoms. The molecule has 7 nitrogen and oxygen atoms in total. The molecule has 1 unspecified atom stereocenters. The van der Waals surface area contributed by atoms with Crippen molar-refractivity contribution in [2.45, 2.75) is 19.9 Å². The van der Waals surface area contributed by atoms with E-state index in [1.54, 1.807) is 6.92 Å². The Balaban J connectivity index is 4.05. The number of ether oxygens (including phenoxy) is 1. The molecule has 0 bridgehead atoms. The van der Waals surface area contributed by atoms with Crippen molar-refractivity contribution in [2.75, 3.05) is 20.2 Å². The van der Waals surface area contributed by atoms with E-state index in [4.69, 9.17) is 5.11 Å². The molecule has 0 aliphatic heterocycles. The Morgan fingerprint density at radius 2 is 2.00 bits per heavy atom. The predicted molar refractivity (Wildman–Crippen MR) is 54.9 cm³/mol. The van der Waals surface area contributed by atoms with Crippen LogP contribution in [0.1, 0.15) is 13.8 Å². The fraction of sp³-hybridized carbons (Fsp3) is 0.667. The van der Waals surface area contributed by atoms with Gasteiger partial charge in [0.15, 0.2) is 0 Å². The van der Waals surface area contributed by atoms with Crippen molar-refractivity contribution in [3.05, 3.63) is 0 Å². The molecule has 2 N–H and O–H groups in total. The van der Waals surface area contributed by atoms with Crippen LogP contribution in [0.15, 0.2) is 0 Å². The number of carboxylic acid groups (broad SMARTS) is 1. The first-order chi connectivity index (χ1) is 7.38. The van der Waals surface area contributed by atoms with E-state index >= 15 is 0 Å². The predicted octanol–water partition coefficient (Wildman–Crippen LogP) is -0.336. The van der Waals surface area contributed by atoms with E-state index < -0.39 is 24.0 Å². The van der Waals surface area contributed by atoms with Gasteiger partial charge >= 0.3 is 12.1 Å². The number of likely N-dealkylation sites (N-methyl/N-ethyl adjacent to an activating group) is 1. The maximum absolute atomic E-state index is 11.2. The summed E-state index contributed by atoms with van der Waals surface area (Å²) in [5.41, 5.74) is 0. The summed E-state index contributed by atoms with van der Waals surface area (Å²) >= 11 is 0. The van der Waals surface area contributed by atoms with Crippen molar-refractivity contribution in [1.29, 1.82) is 0 Å². The van der Waals surface area contributed by atoms with E-state index in [0.717, 1.165) is 0 Å². The van der Waals surface area contributed by atoms with Crippen LogP contribution in [0, 0.1) is 0 Å². The van der Waals surface area contributed by atoms with Crippen LogP contribution in [0.5, 0.6) is 0 Å². The van der Waals surface area contributed by atoms with Gasteiger partial charge < -0.3 is 9.84 Å². The molecule has 0 rings (SSSR count). The minimum absolute atomic E-state index is 0.167. The molecule has 16 heavy (non-hydrogen) atoms. The Bertz CT molecular complexity index is 279. The van der Waals surface area contributed by atoms with Crippen LogP contribution in [-0.2, 0) is 14.3 Å². The van der Waals surface area contributed by atoms with Gasteiger partial charge in [-0.1, -0.05) is 0 Å². The van der Waals surface area contributed by atoms with Gasteiger partial charge in [0.1, 0.15) is 6.04 Å². The number of carbonyl (C=O) groups excluding carboxylic acids is 2. The number of hydrogen-bond donors (Lipinski definition) is 2. The lowest BCUT2D eigenvalue weighted by atomic mass is 10.3. The van der Waals surface area contributed by atoms with Crippen molar-refractivity contribution in [1.82, 2.24) is 10.2 Å². The van der Waals surface area contributed by atoms with Crippen molar-refractivity contribution in [3.8, 4) is 0 Å². The number of nitrogens with zero attached hydrogens (tertiary/aromatic N) is 1. The van der Waals surface area contributed by atoms with Gasteiger partial charge in [0, 0.05) is 0 Å². The van der Waals surface area contributed by atoms with Gasteiger partial charge in [-0.25, -0.2) is 4.79 Å². The summed E-state index contributed by atoms with van der Waals surface area (Å²) in [4.78, 5) is 34.0. The molecule has 0 aromatic rings. The number of carbonyl (C=O) groups is 3. The minimum Gasteiger partial charge on any atom is -0.480 e. The molecule has 0 radical (unpaired) electrons. The monoisotopic (exact) mass is 232 g/mol. The first-order valence-corrected chi connectivity index (χ1v) is 4.78. The molecule has 1 atom stereocenters.